The molecule has 0 spiro atoms. The highest BCUT2D eigenvalue weighted by atomic mass is 79.9. The monoisotopic (exact) mass is 382 g/mol. The molecule has 128 valence electrons. The molecule has 1 N–H and O–H groups in total. The number of pyridine rings is 1. The van der Waals surface area contributed by atoms with Crippen LogP contribution >= 0.6 is 15.9 Å². The van der Waals surface area contributed by atoms with Crippen molar-refractivity contribution < 1.29 is 4.79 Å². The molecule has 1 aliphatic carbocycles. The van der Waals surface area contributed by atoms with Crippen molar-refractivity contribution in [3.05, 3.63) is 33.2 Å². The normalized spacial score (nSPS) is 21.9. The van der Waals surface area contributed by atoms with Crippen molar-refractivity contribution in [2.45, 2.75) is 65.5 Å². The van der Waals surface area contributed by atoms with Crippen molar-refractivity contribution in [3.63, 3.8) is 0 Å². The van der Waals surface area contributed by atoms with Gasteiger partial charge >= 0.3 is 0 Å². The zero-order valence-corrected chi connectivity index (χ0v) is 15.9. The third-order valence-electron chi connectivity index (χ3n) is 5.37. The Labute approximate surface area is 146 Å². The summed E-state index contributed by atoms with van der Waals surface area (Å²) < 4.78 is 2.23. The quantitative estimate of drug-likeness (QED) is 0.843. The Hall–Kier alpha value is -1.10. The van der Waals surface area contributed by atoms with Crippen LogP contribution in [0.3, 0.4) is 0 Å². The van der Waals surface area contributed by atoms with E-state index in [9.17, 15) is 9.59 Å². The van der Waals surface area contributed by atoms with Gasteiger partial charge in [-0.1, -0.05) is 27.2 Å². The van der Waals surface area contributed by atoms with Crippen LogP contribution in [-0.4, -0.2) is 16.5 Å². The number of carbonyl (C=O) groups is 1. The number of hydrogen-bond donors (Lipinski definition) is 1. The number of hydrogen-bond acceptors (Lipinski definition) is 2. The highest BCUT2D eigenvalue weighted by Crippen LogP contribution is 2.40. The van der Waals surface area contributed by atoms with Gasteiger partial charge in [0.05, 0.1) is 0 Å². The lowest BCUT2D eigenvalue weighted by molar-refractivity contribution is -0.122. The lowest BCUT2D eigenvalue weighted by atomic mass is 9.69. The maximum atomic E-state index is 12.2. The average molecular weight is 383 g/mol. The van der Waals surface area contributed by atoms with E-state index in [4.69, 9.17) is 0 Å². The maximum absolute atomic E-state index is 12.2. The summed E-state index contributed by atoms with van der Waals surface area (Å²) in [4.78, 5) is 23.9. The second kappa shape index (κ2) is 7.65. The van der Waals surface area contributed by atoms with Crippen LogP contribution in [0, 0.1) is 11.3 Å². The summed E-state index contributed by atoms with van der Waals surface area (Å²) in [7, 11) is 0. The van der Waals surface area contributed by atoms with Crippen molar-refractivity contribution in [2.75, 3.05) is 0 Å². The van der Waals surface area contributed by atoms with Crippen LogP contribution in [0.2, 0.25) is 0 Å². The van der Waals surface area contributed by atoms with Crippen LogP contribution in [0.5, 0.6) is 0 Å². The first-order chi connectivity index (χ1) is 10.8. The molecule has 23 heavy (non-hydrogen) atoms. The van der Waals surface area contributed by atoms with Crippen molar-refractivity contribution >= 4 is 21.8 Å². The molecule has 1 aromatic rings. The fourth-order valence-electron chi connectivity index (χ4n) is 3.36. The molecule has 1 heterocycles. The molecule has 1 aromatic heterocycles. The summed E-state index contributed by atoms with van der Waals surface area (Å²) in [5.74, 6) is 0.664. The van der Waals surface area contributed by atoms with Gasteiger partial charge in [0.1, 0.15) is 6.54 Å². The molecule has 1 aliphatic rings. The first-order valence-corrected chi connectivity index (χ1v) is 9.26. The van der Waals surface area contributed by atoms with Crippen molar-refractivity contribution in [2.24, 2.45) is 11.3 Å². The standard InChI is InChI=1S/C18H27BrN2O2/c1-4-18(2,3)13-5-8-15(9-6-13)20-16(22)12-21-11-14(19)7-10-17(21)23/h7,10-11,13,15H,4-6,8-9,12H2,1-3H3,(H,20,22). The van der Waals surface area contributed by atoms with Crippen LogP contribution in [-0.2, 0) is 11.3 Å². The van der Waals surface area contributed by atoms with Gasteiger partial charge in [-0.05, 0) is 59.0 Å². The minimum Gasteiger partial charge on any atom is -0.352 e. The van der Waals surface area contributed by atoms with E-state index in [0.717, 1.165) is 23.2 Å². The Kier molecular flexibility index (Phi) is 6.06. The lowest BCUT2D eigenvalue weighted by Crippen LogP contribution is -2.42. The highest BCUT2D eigenvalue weighted by molar-refractivity contribution is 9.10. The van der Waals surface area contributed by atoms with Gasteiger partial charge in [-0.3, -0.25) is 9.59 Å². The Morgan fingerprint density at radius 2 is 1.96 bits per heavy atom. The minimum atomic E-state index is -0.156. The van der Waals surface area contributed by atoms with Crippen molar-refractivity contribution in [1.29, 1.82) is 0 Å². The van der Waals surface area contributed by atoms with Gasteiger partial charge in [0, 0.05) is 22.8 Å². The average Bonchev–Trinajstić information content (AvgIpc) is 2.51. The molecule has 0 saturated heterocycles. The van der Waals surface area contributed by atoms with E-state index in [1.807, 2.05) is 0 Å². The Bertz CT molecular complexity index is 601. The Morgan fingerprint density at radius 3 is 2.57 bits per heavy atom. The zero-order valence-electron chi connectivity index (χ0n) is 14.3. The van der Waals surface area contributed by atoms with Crippen LogP contribution in [0.25, 0.3) is 0 Å². The molecule has 0 radical (unpaired) electrons. The van der Waals surface area contributed by atoms with Gasteiger partial charge in [-0.2, -0.15) is 0 Å². The van der Waals surface area contributed by atoms with Crippen LogP contribution < -0.4 is 10.9 Å². The number of amides is 1. The number of aromatic nitrogens is 1. The van der Waals surface area contributed by atoms with E-state index in [1.54, 1.807) is 12.3 Å². The first kappa shape index (κ1) is 18.2. The van der Waals surface area contributed by atoms with E-state index in [2.05, 4.69) is 42.0 Å². The largest absolute Gasteiger partial charge is 0.352 e. The fraction of sp³-hybridized carbons (Fsp3) is 0.667. The number of nitrogens with one attached hydrogen (secondary N) is 1. The molecule has 4 nitrogen and oxygen atoms in total. The topological polar surface area (TPSA) is 51.1 Å². The zero-order chi connectivity index (χ0) is 17.0. The molecule has 2 rings (SSSR count). The van der Waals surface area contributed by atoms with E-state index in [1.165, 1.54) is 29.9 Å². The van der Waals surface area contributed by atoms with Gasteiger partial charge in [0.2, 0.25) is 5.91 Å². The van der Waals surface area contributed by atoms with Gasteiger partial charge in [0.25, 0.3) is 5.56 Å². The number of rotatable bonds is 5. The number of halogens is 1. The van der Waals surface area contributed by atoms with E-state index < -0.39 is 0 Å². The predicted octanol–water partition coefficient (Wildman–Crippen LogP) is 3.72. The lowest BCUT2D eigenvalue weighted by Gasteiger charge is -2.39. The molecular weight excluding hydrogens is 356 g/mol. The van der Waals surface area contributed by atoms with E-state index >= 15 is 0 Å². The molecular formula is C18H27BrN2O2. The van der Waals surface area contributed by atoms with Gasteiger partial charge in [-0.15, -0.1) is 0 Å². The molecule has 0 unspecified atom stereocenters. The van der Waals surface area contributed by atoms with Gasteiger partial charge in [0.15, 0.2) is 0 Å². The van der Waals surface area contributed by atoms with E-state index in [0.29, 0.717) is 5.41 Å². The van der Waals surface area contributed by atoms with Crippen LogP contribution in [0.4, 0.5) is 0 Å². The second-order valence-corrected chi connectivity index (χ2v) is 8.19. The minimum absolute atomic E-state index is 0.0802. The summed E-state index contributed by atoms with van der Waals surface area (Å²) in [6.07, 6.45) is 7.26. The summed E-state index contributed by atoms with van der Waals surface area (Å²) in [6, 6.07) is 3.40. The molecule has 5 heteroatoms. The molecule has 1 fully saturated rings. The van der Waals surface area contributed by atoms with E-state index in [-0.39, 0.29) is 24.1 Å². The number of carbonyl (C=O) groups excluding carboxylic acids is 1. The molecule has 1 amide bonds. The Morgan fingerprint density at radius 1 is 1.30 bits per heavy atom. The second-order valence-electron chi connectivity index (χ2n) is 7.27. The fourth-order valence-corrected chi connectivity index (χ4v) is 3.74. The predicted molar refractivity (Wildman–Crippen MR) is 96.4 cm³/mol. The molecule has 0 aliphatic heterocycles. The van der Waals surface area contributed by atoms with Crippen LogP contribution in [0.1, 0.15) is 52.9 Å². The third kappa shape index (κ3) is 4.93. The third-order valence-corrected chi connectivity index (χ3v) is 5.84. The molecule has 0 atom stereocenters. The smallest absolute Gasteiger partial charge is 0.251 e. The maximum Gasteiger partial charge on any atom is 0.251 e. The van der Waals surface area contributed by atoms with Gasteiger partial charge < -0.3 is 9.88 Å². The van der Waals surface area contributed by atoms with Crippen molar-refractivity contribution in [1.82, 2.24) is 9.88 Å². The summed E-state index contributed by atoms with van der Waals surface area (Å²) in [6.45, 7) is 7.02. The van der Waals surface area contributed by atoms with Gasteiger partial charge in [-0.25, -0.2) is 0 Å². The highest BCUT2D eigenvalue weighted by Gasteiger charge is 2.32. The first-order valence-electron chi connectivity index (χ1n) is 8.47. The van der Waals surface area contributed by atoms with Crippen LogP contribution in [0.15, 0.2) is 27.6 Å². The van der Waals surface area contributed by atoms with Crippen molar-refractivity contribution in [3.8, 4) is 0 Å². The summed E-state index contributed by atoms with van der Waals surface area (Å²) in [5, 5.41) is 3.09. The summed E-state index contributed by atoms with van der Waals surface area (Å²) in [5.41, 5.74) is 0.232. The summed E-state index contributed by atoms with van der Waals surface area (Å²) >= 11 is 3.33. The Balaban J connectivity index is 1.86. The molecule has 0 aromatic carbocycles. The SMILES string of the molecule is CCC(C)(C)C1CCC(NC(=O)Cn2cc(Br)ccc2=O)CC1. The molecule has 0 bridgehead atoms. The molecule has 1 saturated carbocycles. The number of nitrogens with zero attached hydrogens (tertiary/aromatic N) is 1.